The molecule has 29 heavy (non-hydrogen) atoms. The molecule has 2 aromatic carbocycles. The third kappa shape index (κ3) is 4.87. The van der Waals surface area contributed by atoms with Crippen molar-refractivity contribution in [2.45, 2.75) is 13.8 Å². The van der Waals surface area contributed by atoms with Crippen molar-refractivity contribution in [2.24, 2.45) is 5.92 Å². The van der Waals surface area contributed by atoms with Crippen molar-refractivity contribution in [2.75, 3.05) is 13.1 Å². The maximum absolute atomic E-state index is 14.0. The predicted molar refractivity (Wildman–Crippen MR) is 108 cm³/mol. The summed E-state index contributed by atoms with van der Waals surface area (Å²) in [6.07, 6.45) is 1.43. The Morgan fingerprint density at radius 2 is 1.66 bits per heavy atom. The molecule has 3 aromatic rings. The molecule has 150 valence electrons. The molecule has 6 nitrogen and oxygen atoms in total. The van der Waals surface area contributed by atoms with E-state index in [0.29, 0.717) is 23.2 Å². The summed E-state index contributed by atoms with van der Waals surface area (Å²) in [4.78, 5) is 28.4. The molecule has 0 spiro atoms. The SMILES string of the molecule is CC(C)C(=O)NCCNC(=O)c1ccccc1-c1ncc(-c2ccccc2F)o1. The zero-order valence-corrected chi connectivity index (χ0v) is 16.2. The van der Waals surface area contributed by atoms with Crippen molar-refractivity contribution in [1.82, 2.24) is 15.6 Å². The summed E-state index contributed by atoms with van der Waals surface area (Å²) in [7, 11) is 0. The number of carbonyl (C=O) groups excluding carboxylic acids is 2. The quantitative estimate of drug-likeness (QED) is 0.598. The van der Waals surface area contributed by atoms with E-state index in [4.69, 9.17) is 4.42 Å². The Labute approximate surface area is 168 Å². The number of nitrogens with zero attached hydrogens (tertiary/aromatic N) is 1. The second-order valence-electron chi connectivity index (χ2n) is 6.76. The van der Waals surface area contributed by atoms with Gasteiger partial charge in [0.25, 0.3) is 5.91 Å². The van der Waals surface area contributed by atoms with Crippen LogP contribution in [0, 0.1) is 11.7 Å². The molecule has 0 aliphatic heterocycles. The number of halogens is 1. The molecule has 2 amide bonds. The van der Waals surface area contributed by atoms with Gasteiger partial charge in [0, 0.05) is 24.6 Å². The monoisotopic (exact) mass is 395 g/mol. The van der Waals surface area contributed by atoms with Crippen LogP contribution in [0.4, 0.5) is 4.39 Å². The van der Waals surface area contributed by atoms with E-state index in [9.17, 15) is 14.0 Å². The molecule has 3 rings (SSSR count). The van der Waals surface area contributed by atoms with Crippen LogP contribution in [0.25, 0.3) is 22.8 Å². The van der Waals surface area contributed by atoms with Gasteiger partial charge >= 0.3 is 0 Å². The average molecular weight is 395 g/mol. The molecule has 0 saturated carbocycles. The first-order chi connectivity index (χ1) is 14.0. The maximum Gasteiger partial charge on any atom is 0.252 e. The lowest BCUT2D eigenvalue weighted by Gasteiger charge is -2.10. The molecule has 0 aliphatic rings. The molecule has 2 N–H and O–H groups in total. The number of rotatable bonds is 7. The van der Waals surface area contributed by atoms with Crippen LogP contribution >= 0.6 is 0 Å². The standard InChI is InChI=1S/C22H22FN3O3/c1-14(2)20(27)24-11-12-25-21(28)15-7-3-4-8-16(15)22-26-13-19(29-22)17-9-5-6-10-18(17)23/h3-10,13-14H,11-12H2,1-2H3,(H,24,27)(H,25,28). The molecule has 7 heteroatoms. The fraction of sp³-hybridized carbons (Fsp3) is 0.227. The minimum absolute atomic E-state index is 0.0693. The molecule has 0 aliphatic carbocycles. The smallest absolute Gasteiger partial charge is 0.252 e. The first-order valence-electron chi connectivity index (χ1n) is 9.33. The normalized spacial score (nSPS) is 10.8. The topological polar surface area (TPSA) is 84.2 Å². The number of oxazole rings is 1. The van der Waals surface area contributed by atoms with Gasteiger partial charge in [0.05, 0.1) is 17.3 Å². The van der Waals surface area contributed by atoms with Crippen LogP contribution in [-0.2, 0) is 4.79 Å². The summed E-state index contributed by atoms with van der Waals surface area (Å²) >= 11 is 0. The maximum atomic E-state index is 14.0. The summed E-state index contributed by atoms with van der Waals surface area (Å²) in [5.74, 6) is -0.401. The van der Waals surface area contributed by atoms with E-state index in [1.807, 2.05) is 0 Å². The lowest BCUT2D eigenvalue weighted by atomic mass is 10.1. The molecule has 0 bridgehead atoms. The fourth-order valence-corrected chi connectivity index (χ4v) is 2.71. The highest BCUT2D eigenvalue weighted by atomic mass is 19.1. The average Bonchev–Trinajstić information content (AvgIpc) is 3.21. The zero-order valence-electron chi connectivity index (χ0n) is 16.2. The van der Waals surface area contributed by atoms with Gasteiger partial charge in [-0.05, 0) is 24.3 Å². The number of amides is 2. The number of hydrogen-bond acceptors (Lipinski definition) is 4. The van der Waals surface area contributed by atoms with E-state index in [-0.39, 0.29) is 35.9 Å². The third-order valence-electron chi connectivity index (χ3n) is 4.28. The van der Waals surface area contributed by atoms with Crippen LogP contribution in [0.5, 0.6) is 0 Å². The van der Waals surface area contributed by atoms with Gasteiger partial charge in [-0.2, -0.15) is 0 Å². The molecular weight excluding hydrogens is 373 g/mol. The number of carbonyl (C=O) groups is 2. The molecule has 0 atom stereocenters. The Kier molecular flexibility index (Phi) is 6.39. The Hall–Kier alpha value is -3.48. The van der Waals surface area contributed by atoms with E-state index < -0.39 is 5.82 Å². The van der Waals surface area contributed by atoms with Gasteiger partial charge in [-0.15, -0.1) is 0 Å². The molecule has 0 fully saturated rings. The van der Waals surface area contributed by atoms with Crippen LogP contribution < -0.4 is 10.6 Å². The summed E-state index contributed by atoms with van der Waals surface area (Å²) in [5.41, 5.74) is 1.18. The molecule has 1 aromatic heterocycles. The number of aromatic nitrogens is 1. The Balaban J connectivity index is 1.73. The van der Waals surface area contributed by atoms with E-state index in [1.54, 1.807) is 56.3 Å². The first-order valence-corrected chi connectivity index (χ1v) is 9.33. The van der Waals surface area contributed by atoms with Gasteiger partial charge in [-0.25, -0.2) is 9.37 Å². The second-order valence-corrected chi connectivity index (χ2v) is 6.76. The van der Waals surface area contributed by atoms with Crippen LogP contribution in [0.2, 0.25) is 0 Å². The van der Waals surface area contributed by atoms with Crippen LogP contribution in [-0.4, -0.2) is 29.9 Å². The van der Waals surface area contributed by atoms with Crippen LogP contribution in [0.3, 0.4) is 0 Å². The third-order valence-corrected chi connectivity index (χ3v) is 4.28. The molecule has 0 saturated heterocycles. The Morgan fingerprint density at radius 3 is 2.38 bits per heavy atom. The minimum Gasteiger partial charge on any atom is -0.436 e. The van der Waals surface area contributed by atoms with Crippen molar-refractivity contribution in [3.8, 4) is 22.8 Å². The van der Waals surface area contributed by atoms with Gasteiger partial charge < -0.3 is 15.1 Å². The van der Waals surface area contributed by atoms with Crippen LogP contribution in [0.15, 0.2) is 59.1 Å². The van der Waals surface area contributed by atoms with Crippen molar-refractivity contribution >= 4 is 11.8 Å². The highest BCUT2D eigenvalue weighted by Gasteiger charge is 2.17. The Bertz CT molecular complexity index is 1010. The lowest BCUT2D eigenvalue weighted by Crippen LogP contribution is -2.36. The van der Waals surface area contributed by atoms with Crippen molar-refractivity contribution in [1.29, 1.82) is 0 Å². The largest absolute Gasteiger partial charge is 0.436 e. The van der Waals surface area contributed by atoms with Gasteiger partial charge in [0.15, 0.2) is 5.76 Å². The molecular formula is C22H22FN3O3. The van der Waals surface area contributed by atoms with E-state index in [1.165, 1.54) is 12.3 Å². The number of hydrogen-bond donors (Lipinski definition) is 2. The van der Waals surface area contributed by atoms with Gasteiger partial charge in [0.1, 0.15) is 5.82 Å². The Morgan fingerprint density at radius 1 is 1.00 bits per heavy atom. The summed E-state index contributed by atoms with van der Waals surface area (Å²) in [5, 5.41) is 5.51. The van der Waals surface area contributed by atoms with Crippen molar-refractivity contribution in [3.05, 3.63) is 66.1 Å². The first kappa shape index (κ1) is 20.3. The lowest BCUT2D eigenvalue weighted by molar-refractivity contribution is -0.123. The van der Waals surface area contributed by atoms with Crippen molar-refractivity contribution < 1.29 is 18.4 Å². The number of nitrogens with one attached hydrogen (secondary N) is 2. The van der Waals surface area contributed by atoms with Crippen LogP contribution in [0.1, 0.15) is 24.2 Å². The molecule has 0 unspecified atom stereocenters. The predicted octanol–water partition coefficient (Wildman–Crippen LogP) is 3.65. The van der Waals surface area contributed by atoms with Gasteiger partial charge in [-0.1, -0.05) is 38.1 Å². The van der Waals surface area contributed by atoms with Gasteiger partial charge in [-0.3, -0.25) is 9.59 Å². The summed E-state index contributed by atoms with van der Waals surface area (Å²) in [6.45, 7) is 4.23. The summed E-state index contributed by atoms with van der Waals surface area (Å²) < 4.78 is 19.7. The van der Waals surface area contributed by atoms with E-state index >= 15 is 0 Å². The minimum atomic E-state index is -0.412. The van der Waals surface area contributed by atoms with Crippen molar-refractivity contribution in [3.63, 3.8) is 0 Å². The van der Waals surface area contributed by atoms with E-state index in [0.717, 1.165) is 0 Å². The van der Waals surface area contributed by atoms with E-state index in [2.05, 4.69) is 15.6 Å². The molecule has 0 radical (unpaired) electrons. The zero-order chi connectivity index (χ0) is 20.8. The highest BCUT2D eigenvalue weighted by Crippen LogP contribution is 2.29. The summed E-state index contributed by atoms with van der Waals surface area (Å²) in [6, 6.07) is 13.1. The fourth-order valence-electron chi connectivity index (χ4n) is 2.71. The molecule has 1 heterocycles. The second kappa shape index (κ2) is 9.14. The van der Waals surface area contributed by atoms with Gasteiger partial charge in [0.2, 0.25) is 11.8 Å². The number of benzene rings is 2. The highest BCUT2D eigenvalue weighted by molar-refractivity contribution is 6.00.